The molecule has 0 atom stereocenters. The van der Waals surface area contributed by atoms with Crippen molar-refractivity contribution in [2.75, 3.05) is 5.73 Å². The molecule has 0 aliphatic carbocycles. The minimum atomic E-state index is -4.82. The zero-order chi connectivity index (χ0) is 11.6. The van der Waals surface area contributed by atoms with Gasteiger partial charge in [-0.05, 0) is 12.1 Å². The van der Waals surface area contributed by atoms with E-state index in [1.807, 2.05) is 0 Å². The first kappa shape index (κ1) is 11.9. The molecule has 7 heteroatoms. The molecule has 0 heterocycles. The molecule has 1 aromatic carbocycles. The second kappa shape index (κ2) is 4.16. The molecule has 0 spiro atoms. The van der Waals surface area contributed by atoms with Gasteiger partial charge in [0, 0.05) is 10.6 Å². The summed E-state index contributed by atoms with van der Waals surface area (Å²) in [6.45, 7) is -0.556. The van der Waals surface area contributed by atoms with E-state index in [2.05, 4.69) is 4.74 Å². The van der Waals surface area contributed by atoms with Gasteiger partial charge in [-0.15, -0.1) is 13.2 Å². The predicted octanol–water partition coefficient (Wildman–Crippen LogP) is 2.31. The number of ether oxygens (including phenoxy) is 1. The molecule has 84 valence electrons. The number of alkyl halides is 3. The molecule has 0 unspecified atom stereocenters. The lowest BCUT2D eigenvalue weighted by Crippen LogP contribution is -2.18. The Labute approximate surface area is 88.2 Å². The van der Waals surface area contributed by atoms with Crippen molar-refractivity contribution < 1.29 is 23.0 Å². The highest BCUT2D eigenvalue weighted by Gasteiger charge is 2.32. The SMILES string of the molecule is Nc1c(OC(F)(F)F)ccc(Cl)c1CO. The van der Waals surface area contributed by atoms with Gasteiger partial charge in [-0.3, -0.25) is 0 Å². The van der Waals surface area contributed by atoms with E-state index in [9.17, 15) is 13.2 Å². The highest BCUT2D eigenvalue weighted by atomic mass is 35.5. The Balaban J connectivity index is 3.11. The van der Waals surface area contributed by atoms with E-state index in [0.29, 0.717) is 0 Å². The number of rotatable bonds is 2. The maximum atomic E-state index is 11.9. The fourth-order valence-corrected chi connectivity index (χ4v) is 1.22. The summed E-state index contributed by atoms with van der Waals surface area (Å²) < 4.78 is 39.3. The van der Waals surface area contributed by atoms with Crippen molar-refractivity contribution in [2.45, 2.75) is 13.0 Å². The average molecular weight is 242 g/mol. The molecule has 3 N–H and O–H groups in total. The van der Waals surface area contributed by atoms with Crippen LogP contribution in [0.1, 0.15) is 5.56 Å². The Morgan fingerprint density at radius 2 is 2.00 bits per heavy atom. The van der Waals surface area contributed by atoms with Crippen LogP contribution >= 0.6 is 11.6 Å². The van der Waals surface area contributed by atoms with Crippen LogP contribution in [0.3, 0.4) is 0 Å². The van der Waals surface area contributed by atoms with Crippen LogP contribution in [0.15, 0.2) is 12.1 Å². The molecule has 0 saturated carbocycles. The third-order valence-corrected chi connectivity index (χ3v) is 2.00. The Hall–Kier alpha value is -1.14. The zero-order valence-electron chi connectivity index (χ0n) is 7.31. The summed E-state index contributed by atoms with van der Waals surface area (Å²) in [6, 6.07) is 2.16. The van der Waals surface area contributed by atoms with Crippen molar-refractivity contribution in [3.05, 3.63) is 22.7 Å². The van der Waals surface area contributed by atoms with Crippen molar-refractivity contribution in [1.29, 1.82) is 0 Å². The van der Waals surface area contributed by atoms with E-state index < -0.39 is 18.7 Å². The number of nitrogens with two attached hydrogens (primary N) is 1. The number of aliphatic hydroxyl groups excluding tert-OH is 1. The van der Waals surface area contributed by atoms with Gasteiger partial charge in [-0.2, -0.15) is 0 Å². The van der Waals surface area contributed by atoms with Crippen LogP contribution < -0.4 is 10.5 Å². The van der Waals surface area contributed by atoms with Crippen LogP contribution in [0.5, 0.6) is 5.75 Å². The van der Waals surface area contributed by atoms with Crippen molar-refractivity contribution >= 4 is 17.3 Å². The molecule has 3 nitrogen and oxygen atoms in total. The quantitative estimate of drug-likeness (QED) is 0.782. The minimum Gasteiger partial charge on any atom is -0.404 e. The van der Waals surface area contributed by atoms with E-state index in [0.717, 1.165) is 6.07 Å². The van der Waals surface area contributed by atoms with Gasteiger partial charge >= 0.3 is 6.36 Å². The topological polar surface area (TPSA) is 55.5 Å². The van der Waals surface area contributed by atoms with Gasteiger partial charge < -0.3 is 15.6 Å². The van der Waals surface area contributed by atoms with Crippen LogP contribution in [0, 0.1) is 0 Å². The Morgan fingerprint density at radius 1 is 1.40 bits per heavy atom. The molecule has 0 aromatic heterocycles. The lowest BCUT2D eigenvalue weighted by atomic mass is 10.2. The van der Waals surface area contributed by atoms with E-state index in [4.69, 9.17) is 22.4 Å². The van der Waals surface area contributed by atoms with Gasteiger partial charge in [-0.1, -0.05) is 11.6 Å². The predicted molar refractivity (Wildman–Crippen MR) is 48.5 cm³/mol. The first-order valence-corrected chi connectivity index (χ1v) is 4.16. The number of hydrogen-bond acceptors (Lipinski definition) is 3. The Bertz CT molecular complexity index is 368. The summed E-state index contributed by atoms with van der Waals surface area (Å²) in [4.78, 5) is 0. The average Bonchev–Trinajstić information content (AvgIpc) is 2.09. The first-order chi connectivity index (χ1) is 6.85. The van der Waals surface area contributed by atoms with Crippen LogP contribution in [0.25, 0.3) is 0 Å². The normalized spacial score (nSPS) is 11.5. The fourth-order valence-electron chi connectivity index (χ4n) is 0.991. The minimum absolute atomic E-state index is 0.0124. The molecule has 0 saturated heterocycles. The molecular formula is C8H7ClF3NO2. The molecule has 0 fully saturated rings. The van der Waals surface area contributed by atoms with Gasteiger partial charge in [-0.25, -0.2) is 0 Å². The third kappa shape index (κ3) is 2.90. The number of halogens is 4. The number of anilines is 1. The summed E-state index contributed by atoms with van der Waals surface area (Å²) >= 11 is 5.60. The van der Waals surface area contributed by atoms with Crippen LogP contribution in [0.2, 0.25) is 5.02 Å². The fraction of sp³-hybridized carbons (Fsp3) is 0.250. The zero-order valence-corrected chi connectivity index (χ0v) is 8.06. The van der Waals surface area contributed by atoms with Crippen molar-refractivity contribution in [1.82, 2.24) is 0 Å². The molecule has 0 aliphatic rings. The monoisotopic (exact) mass is 241 g/mol. The van der Waals surface area contributed by atoms with Crippen LogP contribution in [-0.4, -0.2) is 11.5 Å². The maximum Gasteiger partial charge on any atom is 0.573 e. The van der Waals surface area contributed by atoms with Crippen molar-refractivity contribution in [2.24, 2.45) is 0 Å². The summed E-state index contributed by atoms with van der Waals surface area (Å²) in [5.41, 5.74) is 5.03. The summed E-state index contributed by atoms with van der Waals surface area (Å²) in [5.74, 6) is -0.573. The molecule has 0 aliphatic heterocycles. The Kier molecular flexibility index (Phi) is 3.31. The molecule has 1 aromatic rings. The van der Waals surface area contributed by atoms with Gasteiger partial charge in [0.15, 0.2) is 5.75 Å². The maximum absolute atomic E-state index is 11.9. The van der Waals surface area contributed by atoms with E-state index >= 15 is 0 Å². The summed E-state index contributed by atoms with van der Waals surface area (Å²) in [5, 5.41) is 8.91. The number of benzene rings is 1. The lowest BCUT2D eigenvalue weighted by Gasteiger charge is -2.13. The van der Waals surface area contributed by atoms with Gasteiger partial charge in [0.05, 0.1) is 12.3 Å². The second-order valence-corrected chi connectivity index (χ2v) is 3.05. The molecule has 15 heavy (non-hydrogen) atoms. The van der Waals surface area contributed by atoms with Crippen molar-refractivity contribution in [3.8, 4) is 5.75 Å². The number of aliphatic hydroxyl groups is 1. The van der Waals surface area contributed by atoms with Crippen molar-refractivity contribution in [3.63, 3.8) is 0 Å². The molecule has 0 radical (unpaired) electrons. The summed E-state index contributed by atoms with van der Waals surface area (Å²) in [6.07, 6.45) is -4.82. The van der Waals surface area contributed by atoms with Gasteiger partial charge in [0.25, 0.3) is 0 Å². The molecule has 0 amide bonds. The van der Waals surface area contributed by atoms with E-state index in [-0.39, 0.29) is 16.3 Å². The number of nitrogen functional groups attached to an aromatic ring is 1. The smallest absolute Gasteiger partial charge is 0.404 e. The number of hydrogen-bond donors (Lipinski definition) is 2. The molecule has 1 rings (SSSR count). The van der Waals surface area contributed by atoms with Gasteiger partial charge in [0.1, 0.15) is 0 Å². The first-order valence-electron chi connectivity index (χ1n) is 3.78. The van der Waals surface area contributed by atoms with Crippen LogP contribution in [-0.2, 0) is 6.61 Å². The highest BCUT2D eigenvalue weighted by Crippen LogP contribution is 2.34. The van der Waals surface area contributed by atoms with E-state index in [1.165, 1.54) is 6.07 Å². The highest BCUT2D eigenvalue weighted by molar-refractivity contribution is 6.31. The molecular weight excluding hydrogens is 235 g/mol. The third-order valence-electron chi connectivity index (χ3n) is 1.64. The molecule has 0 bridgehead atoms. The van der Waals surface area contributed by atoms with Gasteiger partial charge in [0.2, 0.25) is 0 Å². The van der Waals surface area contributed by atoms with E-state index in [1.54, 1.807) is 0 Å². The summed E-state index contributed by atoms with van der Waals surface area (Å²) in [7, 11) is 0. The lowest BCUT2D eigenvalue weighted by molar-refractivity contribution is -0.274. The largest absolute Gasteiger partial charge is 0.573 e. The second-order valence-electron chi connectivity index (χ2n) is 2.64. The standard InChI is InChI=1S/C8H7ClF3NO2/c9-5-1-2-6(15-8(10,11)12)7(13)4(5)3-14/h1-2,14H,3,13H2. The Morgan fingerprint density at radius 3 is 2.47 bits per heavy atom. The van der Waals surface area contributed by atoms with Crippen LogP contribution in [0.4, 0.5) is 18.9 Å².